The van der Waals surface area contributed by atoms with E-state index in [2.05, 4.69) is 42.2 Å². The van der Waals surface area contributed by atoms with E-state index in [0.717, 1.165) is 46.1 Å². The van der Waals surface area contributed by atoms with Gasteiger partial charge in [-0.05, 0) is 36.7 Å². The maximum absolute atomic E-state index is 6.19. The third-order valence-corrected chi connectivity index (χ3v) is 6.66. The van der Waals surface area contributed by atoms with Gasteiger partial charge in [-0.3, -0.25) is 0 Å². The number of ether oxygens (including phenoxy) is 2. The second-order valence-electron chi connectivity index (χ2n) is 7.97. The van der Waals surface area contributed by atoms with E-state index in [4.69, 9.17) is 21.1 Å². The van der Waals surface area contributed by atoms with Crippen molar-refractivity contribution in [2.45, 2.75) is 39.3 Å². The Morgan fingerprint density at radius 3 is 2.63 bits per heavy atom. The van der Waals surface area contributed by atoms with Gasteiger partial charge in [-0.25, -0.2) is 4.98 Å². The zero-order valence-corrected chi connectivity index (χ0v) is 18.4. The normalized spacial score (nSPS) is 11.9. The molecule has 6 heteroatoms. The molecule has 0 radical (unpaired) electrons. The number of rotatable bonds is 7. The first kappa shape index (κ1) is 19.9. The van der Waals surface area contributed by atoms with Crippen LogP contribution in [0.5, 0.6) is 5.75 Å². The number of pyridine rings is 1. The Balaban J connectivity index is 2.07. The van der Waals surface area contributed by atoms with Crippen molar-refractivity contribution in [3.05, 3.63) is 47.2 Å². The molecule has 0 N–H and O–H groups in total. The lowest BCUT2D eigenvalue weighted by atomic mass is 10.1. The molecule has 0 fully saturated rings. The zero-order valence-electron chi connectivity index (χ0n) is 16.7. The van der Waals surface area contributed by atoms with Crippen LogP contribution in [0.15, 0.2) is 36.5 Å². The van der Waals surface area contributed by atoms with Crippen molar-refractivity contribution in [2.75, 3.05) is 13.7 Å². The van der Waals surface area contributed by atoms with E-state index in [9.17, 15) is 0 Å². The predicted octanol–water partition coefficient (Wildman–Crippen LogP) is 5.99. The summed E-state index contributed by atoms with van der Waals surface area (Å²) in [5.41, 5.74) is 4.30. The monoisotopic (exact) mass is 402 g/mol. The van der Waals surface area contributed by atoms with Gasteiger partial charge in [-0.1, -0.05) is 43.4 Å². The lowest BCUT2D eigenvalue weighted by Crippen LogP contribution is -2.22. The van der Waals surface area contributed by atoms with Gasteiger partial charge in [0, 0.05) is 31.8 Å². The first-order valence-corrected chi connectivity index (χ1v) is 13.3. The highest BCUT2D eigenvalue weighted by Crippen LogP contribution is 2.38. The minimum atomic E-state index is -1.13. The van der Waals surface area contributed by atoms with Crippen molar-refractivity contribution in [3.63, 3.8) is 0 Å². The Bertz CT molecular complexity index is 947. The lowest BCUT2D eigenvalue weighted by molar-refractivity contribution is 0.0912. The lowest BCUT2D eigenvalue weighted by Gasteiger charge is -2.18. The van der Waals surface area contributed by atoms with Crippen LogP contribution < -0.4 is 4.74 Å². The summed E-state index contributed by atoms with van der Waals surface area (Å²) in [7, 11) is 0.568. The number of hydrogen-bond acceptors (Lipinski definition) is 3. The number of nitrogens with zero attached hydrogens (tertiary/aromatic N) is 2. The Hall–Kier alpha value is -1.82. The molecule has 3 aromatic rings. The van der Waals surface area contributed by atoms with Gasteiger partial charge in [0.1, 0.15) is 17.6 Å². The van der Waals surface area contributed by atoms with Crippen molar-refractivity contribution in [1.82, 2.24) is 9.55 Å². The molecule has 0 aliphatic heterocycles. The summed E-state index contributed by atoms with van der Waals surface area (Å²) < 4.78 is 13.9. The highest BCUT2D eigenvalue weighted by molar-refractivity contribution is 6.76. The maximum Gasteiger partial charge on any atom is 0.131 e. The minimum Gasteiger partial charge on any atom is -0.496 e. The predicted molar refractivity (Wildman–Crippen MR) is 116 cm³/mol. The Morgan fingerprint density at radius 2 is 1.93 bits per heavy atom. The van der Waals surface area contributed by atoms with Crippen LogP contribution in [0.4, 0.5) is 0 Å². The first-order chi connectivity index (χ1) is 12.8. The fourth-order valence-electron chi connectivity index (χ4n) is 3.24. The van der Waals surface area contributed by atoms with E-state index >= 15 is 0 Å². The standard InChI is InChI=1S/C21H27ClN2O2Si/c1-15-17-13-23-20(22)12-18(17)24(14-26-10-11-27(3,4)5)21(15)16-8-6-7-9-19(16)25-2/h6-9,12-13H,10-11,14H2,1-5H3. The third-order valence-electron chi connectivity index (χ3n) is 4.75. The summed E-state index contributed by atoms with van der Waals surface area (Å²) in [4.78, 5) is 4.27. The van der Waals surface area contributed by atoms with Crippen LogP contribution in [0.3, 0.4) is 0 Å². The topological polar surface area (TPSA) is 36.3 Å². The van der Waals surface area contributed by atoms with Gasteiger partial charge in [0.2, 0.25) is 0 Å². The van der Waals surface area contributed by atoms with Gasteiger partial charge in [0.05, 0.1) is 18.3 Å². The van der Waals surface area contributed by atoms with Gasteiger partial charge in [0.25, 0.3) is 0 Å². The first-order valence-electron chi connectivity index (χ1n) is 9.17. The molecular formula is C21H27ClN2O2Si. The highest BCUT2D eigenvalue weighted by Gasteiger charge is 2.20. The van der Waals surface area contributed by atoms with E-state index in [1.54, 1.807) is 7.11 Å². The maximum atomic E-state index is 6.19. The summed E-state index contributed by atoms with van der Waals surface area (Å²) >= 11 is 6.19. The van der Waals surface area contributed by atoms with Crippen LogP contribution in [-0.2, 0) is 11.5 Å². The van der Waals surface area contributed by atoms with Crippen LogP contribution in [0.25, 0.3) is 22.2 Å². The van der Waals surface area contributed by atoms with Gasteiger partial charge in [-0.15, -0.1) is 0 Å². The fraction of sp³-hybridized carbons (Fsp3) is 0.381. The molecule has 0 spiro atoms. The molecular weight excluding hydrogens is 376 g/mol. The number of fused-ring (bicyclic) bond motifs is 1. The van der Waals surface area contributed by atoms with Gasteiger partial charge in [-0.2, -0.15) is 0 Å². The largest absolute Gasteiger partial charge is 0.496 e. The second-order valence-corrected chi connectivity index (χ2v) is 14.0. The molecule has 27 heavy (non-hydrogen) atoms. The van der Waals surface area contributed by atoms with Crippen LogP contribution in [0.2, 0.25) is 30.8 Å². The molecule has 2 heterocycles. The number of benzene rings is 1. The summed E-state index contributed by atoms with van der Waals surface area (Å²) in [6, 6.07) is 11.1. The Kier molecular flexibility index (Phi) is 5.94. The molecule has 0 saturated carbocycles. The summed E-state index contributed by atoms with van der Waals surface area (Å²) in [5.74, 6) is 0.839. The van der Waals surface area contributed by atoms with Crippen LogP contribution in [0.1, 0.15) is 5.56 Å². The number of para-hydroxylation sites is 1. The minimum absolute atomic E-state index is 0.475. The molecule has 0 saturated heterocycles. The summed E-state index contributed by atoms with van der Waals surface area (Å²) in [6.07, 6.45) is 1.84. The van der Waals surface area contributed by atoms with Crippen molar-refractivity contribution in [2.24, 2.45) is 0 Å². The quantitative estimate of drug-likeness (QED) is 0.277. The van der Waals surface area contributed by atoms with Crippen molar-refractivity contribution in [3.8, 4) is 17.0 Å². The van der Waals surface area contributed by atoms with Gasteiger partial charge >= 0.3 is 0 Å². The van der Waals surface area contributed by atoms with Crippen LogP contribution >= 0.6 is 11.6 Å². The number of aryl methyl sites for hydroxylation is 1. The van der Waals surface area contributed by atoms with Crippen molar-refractivity contribution in [1.29, 1.82) is 0 Å². The smallest absolute Gasteiger partial charge is 0.131 e. The van der Waals surface area contributed by atoms with Gasteiger partial charge in [0.15, 0.2) is 0 Å². The van der Waals surface area contributed by atoms with E-state index in [-0.39, 0.29) is 0 Å². The van der Waals surface area contributed by atoms with Crippen LogP contribution in [-0.4, -0.2) is 31.3 Å². The second kappa shape index (κ2) is 8.05. The molecule has 2 aromatic heterocycles. The van der Waals surface area contributed by atoms with Crippen LogP contribution in [0, 0.1) is 6.92 Å². The molecule has 0 atom stereocenters. The summed E-state index contributed by atoms with van der Waals surface area (Å²) in [5, 5.41) is 1.56. The molecule has 0 bridgehead atoms. The number of aromatic nitrogens is 2. The van der Waals surface area contributed by atoms with E-state index < -0.39 is 8.07 Å². The SMILES string of the molecule is COc1ccccc1-c1c(C)c2cnc(Cl)cc2n1COCC[Si](C)(C)C. The average molecular weight is 403 g/mol. The highest BCUT2D eigenvalue weighted by atomic mass is 35.5. The molecule has 3 rings (SSSR count). The van der Waals surface area contributed by atoms with Crippen molar-refractivity contribution >= 4 is 30.6 Å². The molecule has 1 aromatic carbocycles. The van der Waals surface area contributed by atoms with Gasteiger partial charge < -0.3 is 14.0 Å². The molecule has 144 valence electrons. The number of hydrogen-bond donors (Lipinski definition) is 0. The molecule has 0 aliphatic rings. The Labute approximate surface area is 167 Å². The zero-order chi connectivity index (χ0) is 19.6. The molecule has 4 nitrogen and oxygen atoms in total. The fourth-order valence-corrected chi connectivity index (χ4v) is 4.15. The number of halogens is 1. The average Bonchev–Trinajstić information content (AvgIpc) is 2.89. The molecule has 0 unspecified atom stereocenters. The summed E-state index contributed by atoms with van der Waals surface area (Å²) in [6.45, 7) is 10.4. The third kappa shape index (κ3) is 4.37. The van der Waals surface area contributed by atoms with E-state index in [0.29, 0.717) is 11.9 Å². The van der Waals surface area contributed by atoms with E-state index in [1.807, 2.05) is 30.5 Å². The molecule has 0 aliphatic carbocycles. The molecule has 0 amide bonds. The van der Waals surface area contributed by atoms with E-state index in [1.165, 1.54) is 0 Å². The van der Waals surface area contributed by atoms with Crippen molar-refractivity contribution < 1.29 is 9.47 Å². The Morgan fingerprint density at radius 1 is 1.19 bits per heavy atom. The number of methoxy groups -OCH3 is 1.